The Bertz CT molecular complexity index is 1670. The zero-order valence-electron chi connectivity index (χ0n) is 37.7. The molecule has 16 N–H and O–H groups in total. The average molecular weight is 1010 g/mol. The predicted octanol–water partition coefficient (Wildman–Crippen LogP) is -12.0. The lowest BCUT2D eigenvalue weighted by Crippen LogP contribution is -2.72. The van der Waals surface area contributed by atoms with E-state index in [1.165, 1.54) is 6.92 Å². The molecule has 5 fully saturated rings. The minimum atomic E-state index is -3.28. The number of aliphatic carboxylic acids is 1. The Morgan fingerprint density at radius 1 is 0.623 bits per heavy atom. The summed E-state index contributed by atoms with van der Waals surface area (Å²) in [6, 6.07) is -3.45. The summed E-state index contributed by atoms with van der Waals surface area (Å²) < 4.78 is 57.6. The summed E-state index contributed by atoms with van der Waals surface area (Å²) in [5.74, 6) is -7.26. The SMILES string of the molecule is CO[C@H]1C(CO)O[C@@H](O[C@@H]2C(CO)O[C@@H](C)[C@@H](O)C2O)C(O)[C@H]1O[C@@H]1OC(CO)[C@@H](O)C(O[C@@H]2OC(CO)[C@H](O)C(O[C@]3(C(=O)[O-])C[C@@H](O)[C@@H](NC(C)=O)C(C(O)C(O)CO)O3)[C@@H]2O)[C@@H]1NC(C)=O. The molecule has 0 radical (unpaired) electrons. The Hall–Kier alpha value is -2.55. The van der Waals surface area contributed by atoms with Crippen molar-refractivity contribution in [1.82, 2.24) is 10.6 Å². The summed E-state index contributed by atoms with van der Waals surface area (Å²) >= 11 is 0. The maximum Gasteiger partial charge on any atom is 0.217 e. The van der Waals surface area contributed by atoms with Crippen LogP contribution in [0.4, 0.5) is 0 Å². The molecule has 5 saturated heterocycles. The van der Waals surface area contributed by atoms with Gasteiger partial charge in [0.1, 0.15) is 122 Å². The van der Waals surface area contributed by atoms with Gasteiger partial charge in [0.25, 0.3) is 0 Å². The van der Waals surface area contributed by atoms with Gasteiger partial charge in [-0.3, -0.25) is 9.59 Å². The Labute approximate surface area is 392 Å². The molecule has 26 atom stereocenters. The zero-order chi connectivity index (χ0) is 51.4. The van der Waals surface area contributed by atoms with Crippen LogP contribution in [0.1, 0.15) is 27.2 Å². The molecular weight excluding hydrogens is 944 g/mol. The highest BCUT2D eigenvalue weighted by Crippen LogP contribution is 2.39. The number of nitrogens with one attached hydrogen (secondary N) is 2. The first-order valence-corrected chi connectivity index (χ1v) is 21.9. The maximum atomic E-state index is 12.9. The molecule has 30 heteroatoms. The van der Waals surface area contributed by atoms with Crippen LogP contribution in [0.2, 0.25) is 0 Å². The van der Waals surface area contributed by atoms with E-state index >= 15 is 0 Å². The lowest BCUT2D eigenvalue weighted by atomic mass is 9.88. The predicted molar refractivity (Wildman–Crippen MR) is 213 cm³/mol. The van der Waals surface area contributed by atoms with Crippen molar-refractivity contribution in [2.45, 2.75) is 186 Å². The first-order valence-electron chi connectivity index (χ1n) is 21.9. The van der Waals surface area contributed by atoms with E-state index in [2.05, 4.69) is 10.6 Å². The lowest BCUT2D eigenvalue weighted by Gasteiger charge is -2.52. The van der Waals surface area contributed by atoms with E-state index in [4.69, 9.17) is 47.4 Å². The number of amides is 2. The third-order valence-electron chi connectivity index (χ3n) is 12.6. The van der Waals surface area contributed by atoms with Crippen molar-refractivity contribution < 1.29 is 138 Å². The maximum absolute atomic E-state index is 12.9. The van der Waals surface area contributed by atoms with Crippen molar-refractivity contribution in [2.24, 2.45) is 0 Å². The van der Waals surface area contributed by atoms with Crippen molar-refractivity contribution in [2.75, 3.05) is 40.1 Å². The number of carboxylic acid groups (broad SMARTS) is 1. The summed E-state index contributed by atoms with van der Waals surface area (Å²) in [4.78, 5) is 37.7. The van der Waals surface area contributed by atoms with Crippen LogP contribution in [0.3, 0.4) is 0 Å². The number of carbonyl (C=O) groups excluding carboxylic acids is 3. The van der Waals surface area contributed by atoms with Crippen LogP contribution in [-0.2, 0) is 61.8 Å². The Morgan fingerprint density at radius 3 is 1.62 bits per heavy atom. The quantitative estimate of drug-likeness (QED) is 0.0571. The largest absolute Gasteiger partial charge is 0.544 e. The molecule has 0 aromatic rings. The smallest absolute Gasteiger partial charge is 0.217 e. The molecule has 2 amide bonds. The topological polar surface area (TPSA) is 474 Å². The van der Waals surface area contributed by atoms with E-state index in [1.807, 2.05) is 0 Å². The third-order valence-corrected chi connectivity index (χ3v) is 12.6. The van der Waals surface area contributed by atoms with Crippen LogP contribution in [0.15, 0.2) is 0 Å². The molecule has 0 bridgehead atoms. The van der Waals surface area contributed by atoms with E-state index in [0.717, 1.165) is 21.0 Å². The van der Waals surface area contributed by atoms with Crippen LogP contribution in [0.5, 0.6) is 0 Å². The van der Waals surface area contributed by atoms with E-state index in [9.17, 15) is 91.0 Å². The molecular formula is C39H65N2O28-. The van der Waals surface area contributed by atoms with E-state index in [0.29, 0.717) is 0 Å². The minimum absolute atomic E-state index is 0.730. The molecule has 0 aromatic heterocycles. The normalized spacial score (nSPS) is 46.1. The zero-order valence-corrected chi connectivity index (χ0v) is 37.7. The fourth-order valence-corrected chi connectivity index (χ4v) is 9.00. The molecule has 0 aliphatic carbocycles. The summed E-state index contributed by atoms with van der Waals surface area (Å²) in [6.07, 6.45) is -43.6. The highest BCUT2D eigenvalue weighted by molar-refractivity contribution is 5.75. The number of rotatable bonds is 19. The number of aliphatic hydroxyl groups excluding tert-OH is 14. The molecule has 0 spiro atoms. The van der Waals surface area contributed by atoms with Gasteiger partial charge in [0.2, 0.25) is 17.6 Å². The van der Waals surface area contributed by atoms with Gasteiger partial charge in [-0.05, 0) is 6.92 Å². The minimum Gasteiger partial charge on any atom is -0.544 e. The monoisotopic (exact) mass is 1010 g/mol. The van der Waals surface area contributed by atoms with Gasteiger partial charge in [-0.2, -0.15) is 0 Å². The lowest BCUT2D eigenvalue weighted by molar-refractivity contribution is -0.411. The van der Waals surface area contributed by atoms with E-state index in [1.54, 1.807) is 0 Å². The van der Waals surface area contributed by atoms with Crippen LogP contribution >= 0.6 is 0 Å². The summed E-state index contributed by atoms with van der Waals surface area (Å²) in [6.45, 7) is -1.40. The highest BCUT2D eigenvalue weighted by atomic mass is 16.8. The molecule has 0 aromatic carbocycles. The molecule has 5 aliphatic rings. The molecule has 400 valence electrons. The number of hydrogen-bond donors (Lipinski definition) is 16. The summed E-state index contributed by atoms with van der Waals surface area (Å²) in [5.41, 5.74) is 0. The van der Waals surface area contributed by atoms with Crippen LogP contribution in [0.25, 0.3) is 0 Å². The summed E-state index contributed by atoms with van der Waals surface area (Å²) in [7, 11) is 1.14. The Kier molecular flexibility index (Phi) is 20.3. The Balaban J connectivity index is 1.47. The van der Waals surface area contributed by atoms with Crippen molar-refractivity contribution in [3.8, 4) is 0 Å². The van der Waals surface area contributed by atoms with Crippen molar-refractivity contribution in [3.63, 3.8) is 0 Å². The van der Waals surface area contributed by atoms with Crippen LogP contribution in [-0.4, -0.2) is 288 Å². The number of carboxylic acids is 1. The Morgan fingerprint density at radius 2 is 1.10 bits per heavy atom. The van der Waals surface area contributed by atoms with Gasteiger partial charge in [-0.15, -0.1) is 0 Å². The number of ether oxygens (including phenoxy) is 10. The van der Waals surface area contributed by atoms with Gasteiger partial charge in [-0.1, -0.05) is 0 Å². The third kappa shape index (κ3) is 12.3. The van der Waals surface area contributed by atoms with Gasteiger partial charge in [0.15, 0.2) is 18.9 Å². The number of hydrogen-bond acceptors (Lipinski definition) is 28. The fraction of sp³-hybridized carbons (Fsp3) is 0.923. The van der Waals surface area contributed by atoms with E-state index < -0.39 is 216 Å². The summed E-state index contributed by atoms with van der Waals surface area (Å²) in [5, 5.41) is 168. The molecule has 5 aliphatic heterocycles. The molecule has 11 unspecified atom stereocenters. The molecule has 5 rings (SSSR count). The van der Waals surface area contributed by atoms with Gasteiger partial charge in [0.05, 0.1) is 51.3 Å². The standard InChI is InChI=1S/C39H66N2O28/c1-11-22(51)26(55)29(18(9-45)61-11)65-37-28(57)34(30(60-4)19(10-46)64-37)67-35-21(41-13(3)48)31(24(53)16(7-43)62-35)66-36-27(56)33(25(54)17(8-44)63-36)69-39(38(58)59)5-14(49)20(40-12(2)47)32(68-39)23(52)15(50)6-42/h11,14-37,42-46,49-57H,5-10H2,1-4H3,(H,40,47)(H,41,48)(H,58,59)/p-1/t11-,14+,15?,16?,17?,18?,19?,20+,21-,22+,23?,24+,25-,26?,27-,28?,29+,30-,31?,32?,33?,34+,35-,36-,37-,39-/m0/s1. The van der Waals surface area contributed by atoms with Gasteiger partial charge >= 0.3 is 0 Å². The van der Waals surface area contributed by atoms with Gasteiger partial charge < -0.3 is 139 Å². The van der Waals surface area contributed by atoms with Crippen molar-refractivity contribution in [1.29, 1.82) is 0 Å². The number of carbonyl (C=O) groups is 3. The van der Waals surface area contributed by atoms with Crippen LogP contribution < -0.4 is 15.7 Å². The van der Waals surface area contributed by atoms with Crippen LogP contribution in [0, 0.1) is 0 Å². The second-order valence-electron chi connectivity index (χ2n) is 17.4. The van der Waals surface area contributed by atoms with Gasteiger partial charge in [0, 0.05) is 27.4 Å². The number of aliphatic hydroxyl groups is 14. The molecule has 30 nitrogen and oxygen atoms in total. The average Bonchev–Trinajstić information content (AvgIpc) is 3.31. The second kappa shape index (κ2) is 24.4. The molecule has 5 heterocycles. The highest BCUT2D eigenvalue weighted by Gasteiger charge is 2.59. The fourth-order valence-electron chi connectivity index (χ4n) is 9.00. The molecule has 69 heavy (non-hydrogen) atoms. The number of methoxy groups -OCH3 is 1. The van der Waals surface area contributed by atoms with E-state index in [-0.39, 0.29) is 0 Å². The van der Waals surface area contributed by atoms with Gasteiger partial charge in [-0.25, -0.2) is 0 Å². The second-order valence-corrected chi connectivity index (χ2v) is 17.4. The van der Waals surface area contributed by atoms with Crippen molar-refractivity contribution in [3.05, 3.63) is 0 Å². The molecule has 0 saturated carbocycles. The van der Waals surface area contributed by atoms with Crippen molar-refractivity contribution >= 4 is 17.8 Å². The first kappa shape index (κ1) is 57.4. The first-order chi connectivity index (χ1) is 32.5.